The quantitative estimate of drug-likeness (QED) is 0.171. The van der Waals surface area contributed by atoms with Gasteiger partial charge in [0.05, 0.1) is 24.0 Å². The molecule has 0 fully saturated rings. The molecule has 0 radical (unpaired) electrons. The number of rotatable bonds is 4. The number of halogens is 3. The molecule has 9 heteroatoms. The highest BCUT2D eigenvalue weighted by atomic mass is 79.9. The van der Waals surface area contributed by atoms with Crippen LogP contribution in [-0.2, 0) is 10.0 Å². The molecule has 144 valence electrons. The van der Waals surface area contributed by atoms with Gasteiger partial charge < -0.3 is 10.4 Å². The first-order valence-corrected chi connectivity index (χ1v) is 11.7. The van der Waals surface area contributed by atoms with E-state index in [1.807, 2.05) is 6.07 Å². The highest BCUT2D eigenvalue weighted by Gasteiger charge is 2.18. The molecule has 5 nitrogen and oxygen atoms in total. The van der Waals surface area contributed by atoms with Crippen LogP contribution in [0.15, 0.2) is 89.4 Å². The lowest BCUT2D eigenvalue weighted by molar-refractivity contribution is 0.468. The van der Waals surface area contributed by atoms with E-state index >= 15 is 0 Å². The maximum atomic E-state index is 12.8. The summed E-state index contributed by atoms with van der Waals surface area (Å²) in [6, 6.07) is 18.5. The van der Waals surface area contributed by atoms with Crippen molar-refractivity contribution in [1.82, 2.24) is 0 Å². The number of anilines is 1. The van der Waals surface area contributed by atoms with Crippen molar-refractivity contribution in [2.24, 2.45) is 4.40 Å². The maximum Gasteiger partial charge on any atom is 0.284 e. The van der Waals surface area contributed by atoms with Crippen LogP contribution in [0.4, 0.5) is 5.69 Å². The number of phenols is 1. The average molecular weight is 589 g/mol. The Morgan fingerprint density at radius 3 is 2.07 bits per heavy atom. The van der Waals surface area contributed by atoms with E-state index in [1.165, 1.54) is 12.1 Å². The third kappa shape index (κ3) is 4.65. The lowest BCUT2D eigenvalue weighted by Crippen LogP contribution is -2.17. The van der Waals surface area contributed by atoms with E-state index in [1.54, 1.807) is 48.5 Å². The van der Waals surface area contributed by atoms with Gasteiger partial charge in [0.2, 0.25) is 0 Å². The van der Waals surface area contributed by atoms with E-state index in [2.05, 4.69) is 57.5 Å². The van der Waals surface area contributed by atoms with Crippen molar-refractivity contribution >= 4 is 69.3 Å². The number of sulfonamides is 1. The second-order valence-electron chi connectivity index (χ2n) is 5.60. The topological polar surface area (TPSA) is 78.8 Å². The Hall–Kier alpha value is -1.68. The highest BCUT2D eigenvalue weighted by molar-refractivity contribution is 9.13. The fourth-order valence-electron chi connectivity index (χ4n) is 2.31. The van der Waals surface area contributed by atoms with Gasteiger partial charge in [-0.15, -0.1) is 4.40 Å². The molecule has 0 saturated heterocycles. The third-order valence-corrected chi connectivity index (χ3v) is 7.71. The van der Waals surface area contributed by atoms with Gasteiger partial charge in [-0.05, 0) is 66.0 Å². The highest BCUT2D eigenvalue weighted by Crippen LogP contribution is 2.42. The molecule has 2 N–H and O–H groups in total. The molecule has 0 amide bonds. The summed E-state index contributed by atoms with van der Waals surface area (Å²) in [6.07, 6.45) is 0. The van der Waals surface area contributed by atoms with Crippen molar-refractivity contribution in [3.63, 3.8) is 0 Å². The summed E-state index contributed by atoms with van der Waals surface area (Å²) in [5.74, 6) is 0.169. The van der Waals surface area contributed by atoms with Crippen molar-refractivity contribution in [3.8, 4) is 5.75 Å². The predicted octanol–water partition coefficient (Wildman–Crippen LogP) is 5.93. The summed E-state index contributed by atoms with van der Waals surface area (Å²) in [7, 11) is -3.93. The molecule has 0 bridgehead atoms. The van der Waals surface area contributed by atoms with Crippen molar-refractivity contribution in [1.29, 1.82) is 0 Å². The fraction of sp³-hybridized carbons (Fsp3) is 0. The molecule has 0 aliphatic heterocycles. The summed E-state index contributed by atoms with van der Waals surface area (Å²) in [5.41, 5.74) is 1.11. The van der Waals surface area contributed by atoms with Crippen LogP contribution in [0, 0.1) is 0 Å². The zero-order valence-corrected chi connectivity index (χ0v) is 19.7. The number of nitrogens with zero attached hydrogens (tertiary/aromatic N) is 1. The standard InChI is InChI=1S/C19H13Br3N2O3S/c20-14-11-15(16(21)17(22)18(14)25)23-19(12-7-3-1-4-8-12)24-28(26,27)13-9-5-2-6-10-13/h1-11,25H,(H,23,24). The molecule has 0 aliphatic rings. The fourth-order valence-corrected chi connectivity index (χ4v) is 4.83. The molecule has 3 aromatic carbocycles. The van der Waals surface area contributed by atoms with Gasteiger partial charge in [-0.2, -0.15) is 8.42 Å². The molecule has 0 spiro atoms. The van der Waals surface area contributed by atoms with Gasteiger partial charge in [0, 0.05) is 5.56 Å². The van der Waals surface area contributed by atoms with Crippen molar-refractivity contribution in [3.05, 3.63) is 85.7 Å². The van der Waals surface area contributed by atoms with E-state index in [0.717, 1.165) is 0 Å². The lowest BCUT2D eigenvalue weighted by Gasteiger charge is -2.14. The second kappa shape index (κ2) is 8.77. The number of hydrogen-bond acceptors (Lipinski definition) is 3. The van der Waals surface area contributed by atoms with Gasteiger partial charge in [0.15, 0.2) is 5.84 Å². The number of benzene rings is 3. The third-order valence-electron chi connectivity index (χ3n) is 3.69. The van der Waals surface area contributed by atoms with E-state index in [4.69, 9.17) is 0 Å². The first-order chi connectivity index (χ1) is 13.3. The van der Waals surface area contributed by atoms with Crippen LogP contribution in [0.2, 0.25) is 0 Å². The van der Waals surface area contributed by atoms with Gasteiger partial charge in [-0.1, -0.05) is 48.5 Å². The van der Waals surface area contributed by atoms with Crippen LogP contribution in [0.25, 0.3) is 0 Å². The minimum absolute atomic E-state index is 0.0209. The Bertz CT molecular complexity index is 1140. The van der Waals surface area contributed by atoms with Gasteiger partial charge in [-0.3, -0.25) is 0 Å². The smallest absolute Gasteiger partial charge is 0.284 e. The van der Waals surface area contributed by atoms with Gasteiger partial charge in [0.1, 0.15) is 5.75 Å². The van der Waals surface area contributed by atoms with Crippen LogP contribution in [0.5, 0.6) is 5.75 Å². The number of aromatic hydroxyl groups is 1. The number of phenolic OH excluding ortho intramolecular Hbond substituents is 1. The normalized spacial score (nSPS) is 12.0. The number of nitrogens with one attached hydrogen (secondary N) is 1. The number of hydrogen-bond donors (Lipinski definition) is 2. The van der Waals surface area contributed by atoms with Crippen LogP contribution in [-0.4, -0.2) is 19.4 Å². The first-order valence-electron chi connectivity index (χ1n) is 7.88. The molecule has 3 rings (SSSR count). The zero-order valence-electron chi connectivity index (χ0n) is 14.1. The molecule has 0 aliphatic carbocycles. The summed E-state index contributed by atoms with van der Waals surface area (Å²) < 4.78 is 31.0. The average Bonchev–Trinajstić information content (AvgIpc) is 2.71. The van der Waals surface area contributed by atoms with Crippen molar-refractivity contribution < 1.29 is 13.5 Å². The Kier molecular flexibility index (Phi) is 6.59. The van der Waals surface area contributed by atoms with Crippen molar-refractivity contribution in [2.45, 2.75) is 4.90 Å². The van der Waals surface area contributed by atoms with Gasteiger partial charge >= 0.3 is 0 Å². The van der Waals surface area contributed by atoms with Crippen LogP contribution in [0.1, 0.15) is 5.56 Å². The molecular formula is C19H13Br3N2O3S. The van der Waals surface area contributed by atoms with E-state index in [0.29, 0.717) is 24.7 Å². The van der Waals surface area contributed by atoms with E-state index in [-0.39, 0.29) is 16.5 Å². The molecule has 0 unspecified atom stereocenters. The van der Waals surface area contributed by atoms with Crippen LogP contribution >= 0.6 is 47.8 Å². The summed E-state index contributed by atoms with van der Waals surface area (Å²) in [6.45, 7) is 0. The molecule has 0 atom stereocenters. The second-order valence-corrected chi connectivity index (χ2v) is 9.65. The summed E-state index contributed by atoms with van der Waals surface area (Å²) in [5, 5.41) is 13.1. The van der Waals surface area contributed by atoms with E-state index in [9.17, 15) is 13.5 Å². The molecule has 0 heterocycles. The molecule has 28 heavy (non-hydrogen) atoms. The Balaban J connectivity index is 2.13. The SMILES string of the molecule is O=S(=O)(N=C(Nc1cc(Br)c(O)c(Br)c1Br)c1ccccc1)c1ccccc1. The summed E-state index contributed by atoms with van der Waals surface area (Å²) in [4.78, 5) is 0.0948. The molecule has 3 aromatic rings. The minimum Gasteiger partial charge on any atom is -0.506 e. The maximum absolute atomic E-state index is 12.8. The van der Waals surface area contributed by atoms with E-state index < -0.39 is 10.0 Å². The lowest BCUT2D eigenvalue weighted by atomic mass is 10.2. The molecular weight excluding hydrogens is 576 g/mol. The largest absolute Gasteiger partial charge is 0.506 e. The Morgan fingerprint density at radius 1 is 0.893 bits per heavy atom. The zero-order chi connectivity index (χ0) is 20.3. The predicted molar refractivity (Wildman–Crippen MR) is 121 cm³/mol. The van der Waals surface area contributed by atoms with Crippen LogP contribution < -0.4 is 5.32 Å². The first kappa shape index (κ1) is 21.0. The molecule has 0 saturated carbocycles. The van der Waals surface area contributed by atoms with Crippen molar-refractivity contribution in [2.75, 3.05) is 5.32 Å². The molecule has 0 aromatic heterocycles. The van der Waals surface area contributed by atoms with Crippen LogP contribution in [0.3, 0.4) is 0 Å². The summed E-state index contributed by atoms with van der Waals surface area (Å²) >= 11 is 9.97. The Morgan fingerprint density at radius 2 is 1.46 bits per heavy atom. The Labute approximate surface area is 188 Å². The number of amidine groups is 1. The van der Waals surface area contributed by atoms with Gasteiger partial charge in [0.25, 0.3) is 10.0 Å². The minimum atomic E-state index is -3.93. The monoisotopic (exact) mass is 586 g/mol. The van der Waals surface area contributed by atoms with Gasteiger partial charge in [-0.25, -0.2) is 0 Å².